The van der Waals surface area contributed by atoms with E-state index in [0.717, 1.165) is 12.8 Å². The van der Waals surface area contributed by atoms with E-state index in [2.05, 4.69) is 4.98 Å². The van der Waals surface area contributed by atoms with E-state index in [9.17, 15) is 9.18 Å². The van der Waals surface area contributed by atoms with Gasteiger partial charge in [0.05, 0.1) is 17.3 Å². The molecule has 5 nitrogen and oxygen atoms in total. The van der Waals surface area contributed by atoms with Crippen LogP contribution >= 0.6 is 11.6 Å². The molecule has 1 amide bonds. The minimum atomic E-state index is -0.697. The zero-order valence-electron chi connectivity index (χ0n) is 12.1. The molecule has 1 aliphatic heterocycles. The topological polar surface area (TPSA) is 50.8 Å². The average molecular weight is 334 g/mol. The minimum absolute atomic E-state index is 0.176. The molecule has 1 atom stereocenters. The van der Waals surface area contributed by atoms with Crippen LogP contribution < -0.4 is 0 Å². The Hall–Kier alpha value is -2.34. The Morgan fingerprint density at radius 2 is 2.26 bits per heavy atom. The fourth-order valence-corrected chi connectivity index (χ4v) is 3.21. The van der Waals surface area contributed by atoms with Crippen molar-refractivity contribution in [3.8, 4) is 0 Å². The maximum Gasteiger partial charge on any atom is 0.277 e. The molecule has 1 saturated heterocycles. The Labute approximate surface area is 136 Å². The number of hydrogen-bond acceptors (Lipinski definition) is 3. The Balaban J connectivity index is 1.73. The molecule has 0 unspecified atom stereocenters. The van der Waals surface area contributed by atoms with Crippen molar-refractivity contribution in [2.45, 2.75) is 18.9 Å². The van der Waals surface area contributed by atoms with Gasteiger partial charge in [-0.3, -0.25) is 9.20 Å². The van der Waals surface area contributed by atoms with E-state index in [-0.39, 0.29) is 11.7 Å². The zero-order valence-corrected chi connectivity index (χ0v) is 12.8. The third-order valence-corrected chi connectivity index (χ3v) is 4.34. The third-order valence-electron chi connectivity index (χ3n) is 4.11. The van der Waals surface area contributed by atoms with Crippen LogP contribution in [0.1, 0.15) is 35.1 Å². The average Bonchev–Trinajstić information content (AvgIpc) is 3.26. The summed E-state index contributed by atoms with van der Waals surface area (Å²) in [6.07, 6.45) is 4.62. The number of carbonyl (C=O) groups excluding carboxylic acids is 1. The maximum atomic E-state index is 14.6. The van der Waals surface area contributed by atoms with Crippen molar-refractivity contribution in [2.24, 2.45) is 0 Å². The lowest BCUT2D eigenvalue weighted by atomic mass is 10.1. The fraction of sp³-hybridized carbons (Fsp3) is 0.250. The molecular formula is C16H13ClFN3O2. The molecule has 0 spiro atoms. The van der Waals surface area contributed by atoms with Crippen LogP contribution in [0.2, 0.25) is 5.02 Å². The monoisotopic (exact) mass is 333 g/mol. The highest BCUT2D eigenvalue weighted by atomic mass is 35.5. The van der Waals surface area contributed by atoms with Crippen LogP contribution in [0.15, 0.2) is 41.1 Å². The van der Waals surface area contributed by atoms with Crippen LogP contribution in [0.5, 0.6) is 0 Å². The van der Waals surface area contributed by atoms with Crippen LogP contribution in [0.3, 0.4) is 0 Å². The van der Waals surface area contributed by atoms with Gasteiger partial charge in [0.2, 0.25) is 5.95 Å². The molecule has 7 heteroatoms. The molecule has 3 aromatic heterocycles. The van der Waals surface area contributed by atoms with E-state index in [1.807, 2.05) is 6.07 Å². The normalized spacial score (nSPS) is 18.0. The number of carbonyl (C=O) groups is 1. The number of amides is 1. The second kappa shape index (κ2) is 5.38. The first-order valence-electron chi connectivity index (χ1n) is 7.32. The lowest BCUT2D eigenvalue weighted by molar-refractivity contribution is 0.0709. The smallest absolute Gasteiger partial charge is 0.277 e. The van der Waals surface area contributed by atoms with Gasteiger partial charge in [0, 0.05) is 12.7 Å². The number of aromatic nitrogens is 2. The van der Waals surface area contributed by atoms with Crippen LogP contribution in [0.4, 0.5) is 4.39 Å². The van der Waals surface area contributed by atoms with Gasteiger partial charge in [0.15, 0.2) is 5.69 Å². The lowest BCUT2D eigenvalue weighted by Gasteiger charge is -2.22. The zero-order chi connectivity index (χ0) is 16.0. The molecule has 1 fully saturated rings. The molecule has 0 radical (unpaired) electrons. The van der Waals surface area contributed by atoms with Gasteiger partial charge in [0.25, 0.3) is 5.91 Å². The van der Waals surface area contributed by atoms with Crippen LogP contribution in [0.25, 0.3) is 5.65 Å². The molecule has 0 aromatic carbocycles. The standard InChI is InChI=1S/C16H13ClFN3O2/c17-10-5-6-13-19-14(15(18)21(13)9-10)16(22)20-7-1-3-11(20)12-4-2-8-23-12/h2,4-6,8-9,11H,1,3,7H2/t11-/m0/s1. The van der Waals surface area contributed by atoms with Crippen LogP contribution in [-0.4, -0.2) is 26.7 Å². The summed E-state index contributed by atoms with van der Waals surface area (Å²) in [7, 11) is 0. The van der Waals surface area contributed by atoms with Crippen molar-refractivity contribution in [3.05, 3.63) is 59.1 Å². The Kier molecular flexibility index (Phi) is 3.34. The predicted octanol–water partition coefficient (Wildman–Crippen LogP) is 3.70. The SMILES string of the molecule is O=C(c1nc2ccc(Cl)cn2c1F)N1CCC[C@H]1c1ccco1. The molecule has 4 rings (SSSR count). The third kappa shape index (κ3) is 2.30. The molecule has 0 aliphatic carbocycles. The molecule has 1 aliphatic rings. The molecule has 0 bridgehead atoms. The molecule has 118 valence electrons. The number of halogens is 2. The maximum absolute atomic E-state index is 14.6. The Morgan fingerprint density at radius 3 is 3.04 bits per heavy atom. The first-order valence-corrected chi connectivity index (χ1v) is 7.70. The second-order valence-corrected chi connectivity index (χ2v) is 5.94. The summed E-state index contributed by atoms with van der Waals surface area (Å²) < 4.78 is 21.1. The molecular weight excluding hydrogens is 321 g/mol. The number of fused-ring (bicyclic) bond motifs is 1. The second-order valence-electron chi connectivity index (χ2n) is 5.50. The van der Waals surface area contributed by atoms with Crippen molar-refractivity contribution in [3.63, 3.8) is 0 Å². The van der Waals surface area contributed by atoms with Crippen molar-refractivity contribution >= 4 is 23.2 Å². The number of imidazole rings is 1. The van der Waals surface area contributed by atoms with Crippen LogP contribution in [0, 0.1) is 5.95 Å². The summed E-state index contributed by atoms with van der Waals surface area (Å²) in [5, 5.41) is 0.377. The van der Waals surface area contributed by atoms with E-state index < -0.39 is 11.9 Å². The van der Waals surface area contributed by atoms with Gasteiger partial charge in [0.1, 0.15) is 11.4 Å². The van der Waals surface area contributed by atoms with E-state index in [1.165, 1.54) is 10.6 Å². The molecule has 4 heterocycles. The van der Waals surface area contributed by atoms with Crippen molar-refractivity contribution in [2.75, 3.05) is 6.54 Å². The first-order chi connectivity index (χ1) is 11.1. The van der Waals surface area contributed by atoms with Crippen molar-refractivity contribution in [1.82, 2.24) is 14.3 Å². The number of furan rings is 1. The number of hydrogen-bond donors (Lipinski definition) is 0. The van der Waals surface area contributed by atoms with Gasteiger partial charge in [-0.15, -0.1) is 0 Å². The quantitative estimate of drug-likeness (QED) is 0.718. The lowest BCUT2D eigenvalue weighted by Crippen LogP contribution is -2.31. The van der Waals surface area contributed by atoms with Gasteiger partial charge in [-0.25, -0.2) is 4.98 Å². The van der Waals surface area contributed by atoms with Gasteiger partial charge in [-0.2, -0.15) is 4.39 Å². The summed E-state index contributed by atoms with van der Waals surface area (Å²) in [6.45, 7) is 0.554. The van der Waals surface area contributed by atoms with Crippen LogP contribution in [-0.2, 0) is 0 Å². The summed E-state index contributed by atoms with van der Waals surface area (Å²) in [5.41, 5.74) is 0.162. The number of pyridine rings is 1. The van der Waals surface area contributed by atoms with E-state index in [4.69, 9.17) is 16.0 Å². The van der Waals surface area contributed by atoms with Crippen molar-refractivity contribution < 1.29 is 13.6 Å². The Bertz CT molecular complexity index is 875. The number of rotatable bonds is 2. The van der Waals surface area contributed by atoms with Gasteiger partial charge in [-0.05, 0) is 37.1 Å². The summed E-state index contributed by atoms with van der Waals surface area (Å²) >= 11 is 5.87. The number of likely N-dealkylation sites (tertiary alicyclic amines) is 1. The highest BCUT2D eigenvalue weighted by Gasteiger charge is 2.35. The van der Waals surface area contributed by atoms with E-state index in [0.29, 0.717) is 23.0 Å². The van der Waals surface area contributed by atoms with E-state index in [1.54, 1.807) is 29.4 Å². The molecule has 0 N–H and O–H groups in total. The summed E-state index contributed by atoms with van der Waals surface area (Å²) in [6, 6.07) is 6.63. The van der Waals surface area contributed by atoms with E-state index >= 15 is 0 Å². The first kappa shape index (κ1) is 14.3. The Morgan fingerprint density at radius 1 is 1.39 bits per heavy atom. The molecule has 0 saturated carbocycles. The number of nitrogens with zero attached hydrogens (tertiary/aromatic N) is 3. The summed E-state index contributed by atoms with van der Waals surface area (Å²) in [5.74, 6) is -0.415. The van der Waals surface area contributed by atoms with Crippen molar-refractivity contribution in [1.29, 1.82) is 0 Å². The minimum Gasteiger partial charge on any atom is -0.467 e. The van der Waals surface area contributed by atoms with Gasteiger partial charge >= 0.3 is 0 Å². The predicted molar refractivity (Wildman–Crippen MR) is 81.9 cm³/mol. The van der Waals surface area contributed by atoms with Gasteiger partial charge in [-0.1, -0.05) is 11.6 Å². The largest absolute Gasteiger partial charge is 0.467 e. The highest BCUT2D eigenvalue weighted by molar-refractivity contribution is 6.30. The fourth-order valence-electron chi connectivity index (χ4n) is 3.05. The molecule has 23 heavy (non-hydrogen) atoms. The summed E-state index contributed by atoms with van der Waals surface area (Å²) in [4.78, 5) is 18.5. The molecule has 3 aromatic rings. The van der Waals surface area contributed by atoms with Gasteiger partial charge < -0.3 is 9.32 Å². The highest BCUT2D eigenvalue weighted by Crippen LogP contribution is 2.33.